The van der Waals surface area contributed by atoms with Gasteiger partial charge in [0.2, 0.25) is 0 Å². The third-order valence-corrected chi connectivity index (χ3v) is 3.54. The average Bonchev–Trinajstić information content (AvgIpc) is 2.56. The van der Waals surface area contributed by atoms with Gasteiger partial charge in [-0.2, -0.15) is 5.26 Å². The normalized spacial score (nSPS) is 11.7. The second-order valence-electron chi connectivity index (χ2n) is 4.93. The molecule has 1 atom stereocenters. The van der Waals surface area contributed by atoms with Crippen molar-refractivity contribution in [3.63, 3.8) is 0 Å². The molecule has 2 rings (SSSR count). The molecule has 0 aromatic heterocycles. The molecule has 0 aliphatic rings. The summed E-state index contributed by atoms with van der Waals surface area (Å²) in [5.41, 5.74) is 3.07. The van der Waals surface area contributed by atoms with Gasteiger partial charge in [0.25, 0.3) is 0 Å². The van der Waals surface area contributed by atoms with Crippen molar-refractivity contribution in [1.29, 1.82) is 5.26 Å². The largest absolute Gasteiger partial charge is 0.497 e. The summed E-state index contributed by atoms with van der Waals surface area (Å²) < 4.78 is 5.19. The van der Waals surface area contributed by atoms with Crippen LogP contribution in [0.1, 0.15) is 36.1 Å². The van der Waals surface area contributed by atoms with E-state index in [4.69, 9.17) is 10.00 Å². The summed E-state index contributed by atoms with van der Waals surface area (Å²) in [7, 11) is 1.67. The van der Waals surface area contributed by atoms with Gasteiger partial charge in [0.1, 0.15) is 5.75 Å². The van der Waals surface area contributed by atoms with Crippen LogP contribution in [0.4, 0.5) is 0 Å². The Morgan fingerprint density at radius 3 is 2.57 bits per heavy atom. The van der Waals surface area contributed by atoms with E-state index in [9.17, 15) is 0 Å². The Balaban J connectivity index is 2.03. The Labute approximate surface area is 126 Å². The summed E-state index contributed by atoms with van der Waals surface area (Å²) in [5.74, 6) is 0.871. The van der Waals surface area contributed by atoms with Crippen molar-refractivity contribution in [3.8, 4) is 11.8 Å². The van der Waals surface area contributed by atoms with Crippen LogP contribution in [0.5, 0.6) is 5.75 Å². The lowest BCUT2D eigenvalue weighted by Crippen LogP contribution is -2.20. The van der Waals surface area contributed by atoms with Crippen LogP contribution < -0.4 is 10.1 Å². The first-order valence-electron chi connectivity index (χ1n) is 7.13. The summed E-state index contributed by atoms with van der Waals surface area (Å²) in [5, 5.41) is 12.5. The monoisotopic (exact) mass is 280 g/mol. The molecule has 0 heterocycles. The van der Waals surface area contributed by atoms with E-state index in [2.05, 4.69) is 30.4 Å². The van der Waals surface area contributed by atoms with Crippen LogP contribution in [-0.4, -0.2) is 7.11 Å². The summed E-state index contributed by atoms with van der Waals surface area (Å²) in [6, 6.07) is 18.3. The van der Waals surface area contributed by atoms with Crippen molar-refractivity contribution >= 4 is 0 Å². The van der Waals surface area contributed by atoms with Gasteiger partial charge in [-0.3, -0.25) is 0 Å². The number of rotatable bonds is 6. The van der Waals surface area contributed by atoms with Gasteiger partial charge < -0.3 is 10.1 Å². The van der Waals surface area contributed by atoms with Crippen molar-refractivity contribution in [2.75, 3.05) is 7.11 Å². The van der Waals surface area contributed by atoms with Crippen LogP contribution in [0.15, 0.2) is 48.5 Å². The van der Waals surface area contributed by atoms with Gasteiger partial charge >= 0.3 is 0 Å². The first-order chi connectivity index (χ1) is 10.3. The molecule has 0 amide bonds. The zero-order chi connectivity index (χ0) is 15.1. The summed E-state index contributed by atoms with van der Waals surface area (Å²) in [4.78, 5) is 0. The molecule has 0 fully saturated rings. The highest BCUT2D eigenvalue weighted by molar-refractivity contribution is 5.33. The zero-order valence-electron chi connectivity index (χ0n) is 12.5. The van der Waals surface area contributed by atoms with Crippen LogP contribution in [-0.2, 0) is 6.54 Å². The van der Waals surface area contributed by atoms with Gasteiger partial charge in [-0.1, -0.05) is 31.2 Å². The predicted octanol–water partition coefficient (Wildman–Crippen LogP) is 3.81. The van der Waals surface area contributed by atoms with E-state index in [0.29, 0.717) is 11.6 Å². The smallest absolute Gasteiger partial charge is 0.118 e. The molecule has 108 valence electrons. The maximum Gasteiger partial charge on any atom is 0.118 e. The average molecular weight is 280 g/mol. The fourth-order valence-corrected chi connectivity index (χ4v) is 2.33. The molecule has 2 aromatic carbocycles. The maximum absolute atomic E-state index is 8.93. The Hall–Kier alpha value is -2.31. The second kappa shape index (κ2) is 7.47. The van der Waals surface area contributed by atoms with Crippen LogP contribution in [0, 0.1) is 11.3 Å². The van der Waals surface area contributed by atoms with Crippen LogP contribution in [0.25, 0.3) is 0 Å². The first-order valence-corrected chi connectivity index (χ1v) is 7.13. The van der Waals surface area contributed by atoms with Gasteiger partial charge in [-0.15, -0.1) is 0 Å². The van der Waals surface area contributed by atoms with E-state index in [1.165, 1.54) is 5.56 Å². The topological polar surface area (TPSA) is 45.0 Å². The molecule has 3 heteroatoms. The molecule has 0 saturated carbocycles. The molecule has 0 saturated heterocycles. The van der Waals surface area contributed by atoms with Gasteiger partial charge in [0.15, 0.2) is 0 Å². The first kappa shape index (κ1) is 15.1. The standard InChI is InChI=1S/C18H20N2O/c1-3-18(16-7-9-17(21-2)10-8-16)20-13-15-6-4-5-14(11-15)12-19/h4-11,18,20H,3,13H2,1-2H3. The fourth-order valence-electron chi connectivity index (χ4n) is 2.33. The number of nitrogens with one attached hydrogen (secondary N) is 1. The number of nitrogens with zero attached hydrogens (tertiary/aromatic N) is 1. The lowest BCUT2D eigenvalue weighted by Gasteiger charge is -2.18. The van der Waals surface area contributed by atoms with Crippen LogP contribution in [0.2, 0.25) is 0 Å². The van der Waals surface area contributed by atoms with Crippen molar-refractivity contribution in [2.24, 2.45) is 0 Å². The van der Waals surface area contributed by atoms with Gasteiger partial charge in [-0.25, -0.2) is 0 Å². The van der Waals surface area contributed by atoms with Crippen molar-refractivity contribution in [3.05, 3.63) is 65.2 Å². The number of hydrogen-bond donors (Lipinski definition) is 1. The lowest BCUT2D eigenvalue weighted by molar-refractivity contribution is 0.414. The third kappa shape index (κ3) is 4.08. The Bertz CT molecular complexity index is 614. The van der Waals surface area contributed by atoms with Crippen molar-refractivity contribution < 1.29 is 4.74 Å². The van der Waals surface area contributed by atoms with E-state index in [0.717, 1.165) is 24.3 Å². The maximum atomic E-state index is 8.93. The third-order valence-electron chi connectivity index (χ3n) is 3.54. The lowest BCUT2D eigenvalue weighted by atomic mass is 10.0. The predicted molar refractivity (Wildman–Crippen MR) is 84.0 cm³/mol. The van der Waals surface area contributed by atoms with Crippen molar-refractivity contribution in [2.45, 2.75) is 25.9 Å². The quantitative estimate of drug-likeness (QED) is 0.875. The van der Waals surface area contributed by atoms with Crippen LogP contribution >= 0.6 is 0 Å². The number of ether oxygens (including phenoxy) is 1. The molecular formula is C18H20N2O. The minimum atomic E-state index is 0.293. The van der Waals surface area contributed by atoms with Gasteiger partial charge in [0, 0.05) is 12.6 Å². The SMILES string of the molecule is CCC(NCc1cccc(C#N)c1)c1ccc(OC)cc1. The summed E-state index contributed by atoms with van der Waals surface area (Å²) >= 11 is 0. The molecule has 0 bridgehead atoms. The van der Waals surface area contributed by atoms with E-state index in [1.54, 1.807) is 7.11 Å². The fraction of sp³-hybridized carbons (Fsp3) is 0.278. The molecule has 3 nitrogen and oxygen atoms in total. The minimum Gasteiger partial charge on any atom is -0.497 e. The van der Waals surface area contributed by atoms with E-state index >= 15 is 0 Å². The highest BCUT2D eigenvalue weighted by Gasteiger charge is 2.09. The highest BCUT2D eigenvalue weighted by atomic mass is 16.5. The molecule has 1 unspecified atom stereocenters. The number of benzene rings is 2. The molecule has 0 radical (unpaired) electrons. The second-order valence-corrected chi connectivity index (χ2v) is 4.93. The Kier molecular flexibility index (Phi) is 5.36. The van der Waals surface area contributed by atoms with E-state index in [1.807, 2.05) is 36.4 Å². The van der Waals surface area contributed by atoms with Gasteiger partial charge in [0.05, 0.1) is 18.7 Å². The molecule has 2 aromatic rings. The Morgan fingerprint density at radius 1 is 1.19 bits per heavy atom. The zero-order valence-corrected chi connectivity index (χ0v) is 12.5. The molecular weight excluding hydrogens is 260 g/mol. The Morgan fingerprint density at radius 2 is 1.95 bits per heavy atom. The highest BCUT2D eigenvalue weighted by Crippen LogP contribution is 2.20. The molecule has 0 spiro atoms. The van der Waals surface area contributed by atoms with Crippen molar-refractivity contribution in [1.82, 2.24) is 5.32 Å². The summed E-state index contributed by atoms with van der Waals surface area (Å²) in [6.45, 7) is 2.91. The molecule has 0 aliphatic heterocycles. The number of hydrogen-bond acceptors (Lipinski definition) is 3. The van der Waals surface area contributed by atoms with E-state index < -0.39 is 0 Å². The number of methoxy groups -OCH3 is 1. The molecule has 21 heavy (non-hydrogen) atoms. The van der Waals surface area contributed by atoms with Gasteiger partial charge in [-0.05, 0) is 41.8 Å². The summed E-state index contributed by atoms with van der Waals surface area (Å²) in [6.07, 6.45) is 1.00. The molecule has 0 aliphatic carbocycles. The minimum absolute atomic E-state index is 0.293. The van der Waals surface area contributed by atoms with Crippen LogP contribution in [0.3, 0.4) is 0 Å². The molecule has 1 N–H and O–H groups in total. The van der Waals surface area contributed by atoms with E-state index in [-0.39, 0.29) is 0 Å². The number of nitriles is 1.